The minimum atomic E-state index is -0.740. The second-order valence-electron chi connectivity index (χ2n) is 3.52. The summed E-state index contributed by atoms with van der Waals surface area (Å²) in [5.74, 6) is 0.198. The first kappa shape index (κ1) is 14.3. The molecule has 1 rings (SSSR count). The van der Waals surface area contributed by atoms with Crippen molar-refractivity contribution in [2.45, 2.75) is 12.3 Å². The molecule has 0 saturated carbocycles. The molecule has 0 fully saturated rings. The molecule has 0 bridgehead atoms. The quantitative estimate of drug-likeness (QED) is 0.630. The van der Waals surface area contributed by atoms with E-state index in [1.807, 2.05) is 30.3 Å². The van der Waals surface area contributed by atoms with E-state index < -0.39 is 17.3 Å². The Morgan fingerprint density at radius 3 is 2.61 bits per heavy atom. The molecule has 0 aliphatic carbocycles. The van der Waals surface area contributed by atoms with Crippen molar-refractivity contribution in [2.24, 2.45) is 0 Å². The Morgan fingerprint density at radius 2 is 2.00 bits per heavy atom. The number of halogens is 1. The Morgan fingerprint density at radius 1 is 1.33 bits per heavy atom. The molecule has 98 valence electrons. The van der Waals surface area contributed by atoms with Crippen LogP contribution in [0.2, 0.25) is 0 Å². The number of urea groups is 1. The zero-order valence-corrected chi connectivity index (χ0v) is 10.7. The fourth-order valence-electron chi connectivity index (χ4n) is 1.11. The van der Waals surface area contributed by atoms with E-state index in [0.717, 1.165) is 5.75 Å². The molecular formula is C12H15ClN2O3. The van der Waals surface area contributed by atoms with Crippen LogP contribution in [-0.4, -0.2) is 30.5 Å². The number of amides is 3. The molecular weight excluding hydrogens is 256 g/mol. The van der Waals surface area contributed by atoms with E-state index in [-0.39, 0.29) is 0 Å². The molecule has 1 atom stereocenters. The summed E-state index contributed by atoms with van der Waals surface area (Å²) in [6.45, 7) is 2.11. The lowest BCUT2D eigenvalue weighted by Gasteiger charge is -2.08. The fourth-order valence-corrected chi connectivity index (χ4v) is 1.16. The topological polar surface area (TPSA) is 67.4 Å². The van der Waals surface area contributed by atoms with Crippen LogP contribution >= 0.6 is 11.6 Å². The van der Waals surface area contributed by atoms with Crippen molar-refractivity contribution in [3.8, 4) is 5.75 Å². The molecule has 0 aliphatic heterocycles. The molecule has 3 amide bonds. The zero-order chi connectivity index (χ0) is 13.4. The molecule has 0 spiro atoms. The standard InChI is InChI=1S/C12H15ClN2O3/c1-9(13)11(16)15-12(17)14-7-8-18-10-5-3-2-4-6-10/h2-6,9H,7-8H2,1H3,(H2,14,15,16,17). The molecule has 6 heteroatoms. The van der Waals surface area contributed by atoms with Crippen LogP contribution in [0.4, 0.5) is 4.79 Å². The summed E-state index contributed by atoms with van der Waals surface area (Å²) in [6, 6.07) is 8.66. The van der Waals surface area contributed by atoms with Gasteiger partial charge in [-0.05, 0) is 19.1 Å². The van der Waals surface area contributed by atoms with Crippen molar-refractivity contribution in [3.63, 3.8) is 0 Å². The average Bonchev–Trinajstić information content (AvgIpc) is 2.35. The van der Waals surface area contributed by atoms with Crippen molar-refractivity contribution in [3.05, 3.63) is 30.3 Å². The van der Waals surface area contributed by atoms with Crippen LogP contribution in [0.1, 0.15) is 6.92 Å². The van der Waals surface area contributed by atoms with Gasteiger partial charge in [-0.2, -0.15) is 0 Å². The van der Waals surface area contributed by atoms with Gasteiger partial charge in [-0.1, -0.05) is 18.2 Å². The lowest BCUT2D eigenvalue weighted by Crippen LogP contribution is -2.43. The largest absolute Gasteiger partial charge is 0.492 e. The summed E-state index contributed by atoms with van der Waals surface area (Å²) in [4.78, 5) is 22.3. The summed E-state index contributed by atoms with van der Waals surface area (Å²) >= 11 is 5.50. The van der Waals surface area contributed by atoms with E-state index in [0.29, 0.717) is 13.2 Å². The molecule has 0 aromatic heterocycles. The normalized spacial score (nSPS) is 11.4. The number of hydrogen-bond acceptors (Lipinski definition) is 3. The number of para-hydroxylation sites is 1. The Hall–Kier alpha value is -1.75. The highest BCUT2D eigenvalue weighted by Gasteiger charge is 2.11. The highest BCUT2D eigenvalue weighted by atomic mass is 35.5. The van der Waals surface area contributed by atoms with Gasteiger partial charge in [0.1, 0.15) is 17.7 Å². The number of hydrogen-bond donors (Lipinski definition) is 2. The third-order valence-electron chi connectivity index (χ3n) is 2.00. The van der Waals surface area contributed by atoms with Crippen molar-refractivity contribution in [1.82, 2.24) is 10.6 Å². The first-order valence-corrected chi connectivity index (χ1v) is 5.94. The van der Waals surface area contributed by atoms with Crippen LogP contribution < -0.4 is 15.4 Å². The molecule has 0 saturated heterocycles. The fraction of sp³-hybridized carbons (Fsp3) is 0.333. The molecule has 1 aromatic rings. The van der Waals surface area contributed by atoms with E-state index in [9.17, 15) is 9.59 Å². The van der Waals surface area contributed by atoms with Crippen LogP contribution in [0.25, 0.3) is 0 Å². The maximum Gasteiger partial charge on any atom is 0.321 e. The molecule has 1 aromatic carbocycles. The van der Waals surface area contributed by atoms with Crippen molar-refractivity contribution in [2.75, 3.05) is 13.2 Å². The van der Waals surface area contributed by atoms with Gasteiger partial charge in [0, 0.05) is 0 Å². The monoisotopic (exact) mass is 270 g/mol. The minimum Gasteiger partial charge on any atom is -0.492 e. The number of imide groups is 1. The Balaban J connectivity index is 2.15. The Kier molecular flexibility index (Phi) is 6.00. The van der Waals surface area contributed by atoms with E-state index in [1.165, 1.54) is 6.92 Å². The number of benzene rings is 1. The first-order chi connectivity index (χ1) is 8.59. The van der Waals surface area contributed by atoms with E-state index in [4.69, 9.17) is 16.3 Å². The molecule has 2 N–H and O–H groups in total. The van der Waals surface area contributed by atoms with Crippen LogP contribution in [0.5, 0.6) is 5.75 Å². The number of ether oxygens (including phenoxy) is 1. The van der Waals surface area contributed by atoms with Crippen molar-refractivity contribution >= 4 is 23.5 Å². The molecule has 0 radical (unpaired) electrons. The second-order valence-corrected chi connectivity index (χ2v) is 4.18. The summed E-state index contributed by atoms with van der Waals surface area (Å²) in [5.41, 5.74) is 0. The summed E-state index contributed by atoms with van der Waals surface area (Å²) in [7, 11) is 0. The second kappa shape index (κ2) is 7.55. The highest BCUT2D eigenvalue weighted by Crippen LogP contribution is 2.07. The first-order valence-electron chi connectivity index (χ1n) is 5.50. The lowest BCUT2D eigenvalue weighted by atomic mass is 10.3. The van der Waals surface area contributed by atoms with Gasteiger partial charge in [0.15, 0.2) is 0 Å². The summed E-state index contributed by atoms with van der Waals surface area (Å²) in [5, 5.41) is 3.85. The number of carbonyl (C=O) groups is 2. The lowest BCUT2D eigenvalue weighted by molar-refractivity contribution is -0.119. The molecule has 1 unspecified atom stereocenters. The van der Waals surface area contributed by atoms with Gasteiger partial charge < -0.3 is 10.1 Å². The van der Waals surface area contributed by atoms with Gasteiger partial charge in [0.2, 0.25) is 5.91 Å². The van der Waals surface area contributed by atoms with Gasteiger partial charge in [-0.3, -0.25) is 10.1 Å². The van der Waals surface area contributed by atoms with Gasteiger partial charge in [0.25, 0.3) is 0 Å². The van der Waals surface area contributed by atoms with Gasteiger partial charge in [-0.25, -0.2) is 4.79 Å². The molecule has 18 heavy (non-hydrogen) atoms. The van der Waals surface area contributed by atoms with Gasteiger partial charge in [0.05, 0.1) is 6.54 Å². The maximum absolute atomic E-state index is 11.2. The number of carbonyl (C=O) groups excluding carboxylic acids is 2. The van der Waals surface area contributed by atoms with Crippen LogP contribution in [-0.2, 0) is 4.79 Å². The van der Waals surface area contributed by atoms with Crippen LogP contribution in [0.3, 0.4) is 0 Å². The minimum absolute atomic E-state index is 0.296. The van der Waals surface area contributed by atoms with Gasteiger partial charge >= 0.3 is 6.03 Å². The smallest absolute Gasteiger partial charge is 0.321 e. The summed E-state index contributed by atoms with van der Waals surface area (Å²) in [6.07, 6.45) is 0. The third kappa shape index (κ3) is 5.54. The third-order valence-corrected chi connectivity index (χ3v) is 2.20. The van der Waals surface area contributed by atoms with E-state index in [1.54, 1.807) is 0 Å². The van der Waals surface area contributed by atoms with Crippen molar-refractivity contribution in [1.29, 1.82) is 0 Å². The zero-order valence-electron chi connectivity index (χ0n) is 9.98. The molecule has 0 heterocycles. The van der Waals surface area contributed by atoms with Crippen LogP contribution in [0.15, 0.2) is 30.3 Å². The predicted molar refractivity (Wildman–Crippen MR) is 68.8 cm³/mol. The SMILES string of the molecule is CC(Cl)C(=O)NC(=O)NCCOc1ccccc1. The van der Waals surface area contributed by atoms with E-state index in [2.05, 4.69) is 10.6 Å². The van der Waals surface area contributed by atoms with E-state index >= 15 is 0 Å². The number of alkyl halides is 1. The molecule has 5 nitrogen and oxygen atoms in total. The van der Waals surface area contributed by atoms with Crippen molar-refractivity contribution < 1.29 is 14.3 Å². The highest BCUT2D eigenvalue weighted by molar-refractivity contribution is 6.31. The summed E-state index contributed by atoms with van der Waals surface area (Å²) < 4.78 is 5.36. The predicted octanol–water partition coefficient (Wildman–Crippen LogP) is 1.52. The number of rotatable bonds is 5. The van der Waals surface area contributed by atoms with Crippen LogP contribution in [0, 0.1) is 0 Å². The Labute approximate surface area is 110 Å². The molecule has 0 aliphatic rings. The van der Waals surface area contributed by atoms with Gasteiger partial charge in [-0.15, -0.1) is 11.6 Å². The number of nitrogens with one attached hydrogen (secondary N) is 2. The average molecular weight is 271 g/mol. The Bertz CT molecular complexity index is 396. The maximum atomic E-state index is 11.2.